The first-order chi connectivity index (χ1) is 17.2. The van der Waals surface area contributed by atoms with Gasteiger partial charge in [-0.05, 0) is 56.5 Å². The summed E-state index contributed by atoms with van der Waals surface area (Å²) in [6.45, 7) is 2.68. The van der Waals surface area contributed by atoms with Crippen molar-refractivity contribution >= 4 is 40.9 Å². The van der Waals surface area contributed by atoms with Crippen LogP contribution in [0.15, 0.2) is 22.5 Å². The van der Waals surface area contributed by atoms with Crippen LogP contribution < -0.4 is 38.9 Å². The molecule has 0 saturated heterocycles. The maximum atomic E-state index is 13.2. The molecule has 13 heteroatoms. The van der Waals surface area contributed by atoms with Crippen LogP contribution in [-0.4, -0.2) is 60.8 Å². The lowest BCUT2D eigenvalue weighted by Crippen LogP contribution is -2.56. The highest BCUT2D eigenvalue weighted by atomic mass is 32.1. The normalized spacial score (nSPS) is 13.2. The van der Waals surface area contributed by atoms with Crippen molar-refractivity contribution in [1.82, 2.24) is 16.0 Å². The van der Waals surface area contributed by atoms with E-state index in [4.69, 9.17) is 22.9 Å². The van der Waals surface area contributed by atoms with E-state index in [0.717, 1.165) is 6.42 Å². The molecule has 11 N–H and O–H groups in total. The number of unbranched alkanes of at least 4 members (excludes halogenated alkanes) is 2. The predicted molar refractivity (Wildman–Crippen MR) is 141 cm³/mol. The number of nitrogens with zero attached hydrogens (tertiary/aromatic N) is 1. The van der Waals surface area contributed by atoms with Crippen LogP contribution in [-0.2, 0) is 14.4 Å². The van der Waals surface area contributed by atoms with E-state index in [-0.39, 0.29) is 18.9 Å². The van der Waals surface area contributed by atoms with E-state index in [1.807, 2.05) is 6.92 Å². The molecule has 0 unspecified atom stereocenters. The van der Waals surface area contributed by atoms with E-state index >= 15 is 0 Å². The number of nitrogens with two attached hydrogens (primary N) is 4. The number of guanidine groups is 1. The van der Waals surface area contributed by atoms with Crippen LogP contribution in [0.5, 0.6) is 0 Å². The smallest absolute Gasteiger partial charge is 0.261 e. The van der Waals surface area contributed by atoms with Crippen LogP contribution in [0.3, 0.4) is 0 Å². The Hall–Kier alpha value is -3.19. The lowest BCUT2D eigenvalue weighted by molar-refractivity contribution is -0.132. The van der Waals surface area contributed by atoms with Crippen LogP contribution in [0.4, 0.5) is 0 Å². The van der Waals surface area contributed by atoms with Crippen molar-refractivity contribution in [2.24, 2.45) is 27.9 Å². The fourth-order valence-corrected chi connectivity index (χ4v) is 4.04. The molecule has 1 aromatic rings. The Labute approximate surface area is 216 Å². The summed E-state index contributed by atoms with van der Waals surface area (Å²) in [6, 6.07) is 0.702. The second-order valence-electron chi connectivity index (χ2n) is 8.40. The summed E-state index contributed by atoms with van der Waals surface area (Å²) in [6.07, 6.45) is 4.18. The number of carbonyl (C=O) groups excluding carboxylic acids is 4. The fraction of sp³-hybridized carbons (Fsp3) is 0.609. The van der Waals surface area contributed by atoms with Crippen LogP contribution >= 0.6 is 11.3 Å². The minimum absolute atomic E-state index is 0.0673. The number of aliphatic imine (C=N–C) groups is 1. The molecule has 12 nitrogen and oxygen atoms in total. The summed E-state index contributed by atoms with van der Waals surface area (Å²) < 4.78 is 0. The van der Waals surface area contributed by atoms with Crippen molar-refractivity contribution in [3.8, 4) is 0 Å². The van der Waals surface area contributed by atoms with Crippen molar-refractivity contribution < 1.29 is 19.2 Å². The highest BCUT2D eigenvalue weighted by molar-refractivity contribution is 7.12. The predicted octanol–water partition coefficient (Wildman–Crippen LogP) is -0.326. The summed E-state index contributed by atoms with van der Waals surface area (Å²) in [7, 11) is 0. The molecule has 0 fully saturated rings. The minimum Gasteiger partial charge on any atom is -0.370 e. The van der Waals surface area contributed by atoms with Gasteiger partial charge in [0.25, 0.3) is 5.91 Å². The van der Waals surface area contributed by atoms with Gasteiger partial charge in [0.15, 0.2) is 5.96 Å². The van der Waals surface area contributed by atoms with Crippen LogP contribution in [0, 0.1) is 0 Å². The Balaban J connectivity index is 2.98. The molecule has 0 aliphatic rings. The van der Waals surface area contributed by atoms with Crippen molar-refractivity contribution in [1.29, 1.82) is 0 Å². The third kappa shape index (κ3) is 12.0. The molecule has 202 valence electrons. The van der Waals surface area contributed by atoms with Crippen molar-refractivity contribution in [2.75, 3.05) is 13.1 Å². The molecule has 0 aliphatic carbocycles. The maximum absolute atomic E-state index is 13.2. The number of hydrogen-bond acceptors (Lipinski definition) is 7. The third-order valence-electron chi connectivity index (χ3n) is 5.40. The minimum atomic E-state index is -0.925. The van der Waals surface area contributed by atoms with Gasteiger partial charge >= 0.3 is 0 Å². The highest BCUT2D eigenvalue weighted by Crippen LogP contribution is 2.11. The maximum Gasteiger partial charge on any atom is 0.261 e. The van der Waals surface area contributed by atoms with Crippen LogP contribution in [0.1, 0.15) is 68.0 Å². The lowest BCUT2D eigenvalue weighted by atomic mass is 10.0. The largest absolute Gasteiger partial charge is 0.370 e. The van der Waals surface area contributed by atoms with Gasteiger partial charge in [0.05, 0.1) is 4.88 Å². The number of rotatable bonds is 18. The number of hydrogen-bond donors (Lipinski definition) is 7. The van der Waals surface area contributed by atoms with E-state index in [0.29, 0.717) is 49.9 Å². The molecule has 1 heterocycles. The molecule has 36 heavy (non-hydrogen) atoms. The quantitative estimate of drug-likeness (QED) is 0.0769. The number of amides is 4. The fourth-order valence-electron chi connectivity index (χ4n) is 3.41. The topological polar surface area (TPSA) is 221 Å². The Morgan fingerprint density at radius 1 is 0.889 bits per heavy atom. The van der Waals surface area contributed by atoms with E-state index in [2.05, 4.69) is 20.9 Å². The van der Waals surface area contributed by atoms with E-state index in [9.17, 15) is 19.2 Å². The van der Waals surface area contributed by atoms with Gasteiger partial charge in [-0.2, -0.15) is 0 Å². The first kappa shape index (κ1) is 30.8. The molecule has 1 aromatic heterocycles. The van der Waals surface area contributed by atoms with Crippen molar-refractivity contribution in [2.45, 2.75) is 76.4 Å². The van der Waals surface area contributed by atoms with Crippen LogP contribution in [0.2, 0.25) is 0 Å². The molecule has 0 radical (unpaired) electrons. The molecule has 1 rings (SSSR count). The number of primary amides is 1. The average Bonchev–Trinajstić information content (AvgIpc) is 3.37. The summed E-state index contributed by atoms with van der Waals surface area (Å²) in [5.41, 5.74) is 21.7. The highest BCUT2D eigenvalue weighted by Gasteiger charge is 2.29. The van der Waals surface area contributed by atoms with Gasteiger partial charge in [0.2, 0.25) is 17.7 Å². The molecule has 0 saturated carbocycles. The third-order valence-corrected chi connectivity index (χ3v) is 6.27. The SMILES string of the molecule is CCCC[C@H](NC(=O)[C@H](CCCCN)NC(=O)[C@H](CCCN=C(N)N)NC(=O)c1cccs1)C(N)=O. The zero-order valence-electron chi connectivity index (χ0n) is 20.8. The summed E-state index contributed by atoms with van der Waals surface area (Å²) >= 11 is 1.25. The first-order valence-corrected chi connectivity index (χ1v) is 13.1. The van der Waals surface area contributed by atoms with Crippen molar-refractivity contribution in [3.05, 3.63) is 22.4 Å². The Bertz CT molecular complexity index is 858. The van der Waals surface area contributed by atoms with Gasteiger partial charge in [0, 0.05) is 6.54 Å². The monoisotopic (exact) mass is 524 g/mol. The van der Waals surface area contributed by atoms with Crippen LogP contribution in [0.25, 0.3) is 0 Å². The zero-order chi connectivity index (χ0) is 26.9. The number of thiophene rings is 1. The Morgan fingerprint density at radius 2 is 1.50 bits per heavy atom. The lowest BCUT2D eigenvalue weighted by Gasteiger charge is -2.25. The van der Waals surface area contributed by atoms with E-state index < -0.39 is 41.8 Å². The summed E-state index contributed by atoms with van der Waals surface area (Å²) in [4.78, 5) is 55.0. The first-order valence-electron chi connectivity index (χ1n) is 12.2. The Kier molecular flexibility index (Phi) is 14.8. The number of carbonyl (C=O) groups is 4. The van der Waals surface area contributed by atoms with Gasteiger partial charge in [-0.1, -0.05) is 25.8 Å². The summed E-state index contributed by atoms with van der Waals surface area (Å²) in [5, 5.41) is 9.88. The molecular weight excluding hydrogens is 484 g/mol. The van der Waals surface area contributed by atoms with E-state index in [1.54, 1.807) is 17.5 Å². The Morgan fingerprint density at radius 3 is 2.06 bits per heavy atom. The van der Waals surface area contributed by atoms with Gasteiger partial charge < -0.3 is 38.9 Å². The average molecular weight is 525 g/mol. The molecule has 3 atom stereocenters. The van der Waals surface area contributed by atoms with Crippen molar-refractivity contribution in [3.63, 3.8) is 0 Å². The van der Waals surface area contributed by atoms with E-state index in [1.165, 1.54) is 11.3 Å². The van der Waals surface area contributed by atoms with Gasteiger partial charge in [-0.15, -0.1) is 11.3 Å². The van der Waals surface area contributed by atoms with Gasteiger partial charge in [-0.25, -0.2) is 0 Å². The zero-order valence-corrected chi connectivity index (χ0v) is 21.6. The van der Waals surface area contributed by atoms with Gasteiger partial charge in [-0.3, -0.25) is 24.2 Å². The molecule has 4 amide bonds. The standard InChI is InChI=1S/C23H40N8O4S/c1-2-3-8-15(19(25)32)29-20(33)16(9-4-5-12-24)30-21(34)17(10-6-13-28-23(26)27)31-22(35)18-11-7-14-36-18/h7,11,14-17H,2-6,8-10,12-13,24H2,1H3,(H2,25,32)(H,29,33)(H,30,34)(H,31,35)(H4,26,27,28)/t15-,16-,17-/m0/s1. The second-order valence-corrected chi connectivity index (χ2v) is 9.35. The van der Waals surface area contributed by atoms with Gasteiger partial charge in [0.1, 0.15) is 18.1 Å². The second kappa shape index (κ2) is 17.3. The molecule has 0 spiro atoms. The molecule has 0 aliphatic heterocycles. The summed E-state index contributed by atoms with van der Waals surface area (Å²) in [5.74, 6) is -2.14. The molecule has 0 aromatic carbocycles. The molecule has 0 bridgehead atoms. The number of nitrogens with one attached hydrogen (secondary N) is 3. The molecular formula is C23H40N8O4S.